The number of rotatable bonds is 4. The summed E-state index contributed by atoms with van der Waals surface area (Å²) in [6.45, 7) is 2.95. The Balaban J connectivity index is 3.09. The van der Waals surface area contributed by atoms with Gasteiger partial charge in [-0.05, 0) is 19.1 Å². The lowest BCUT2D eigenvalue weighted by Gasteiger charge is -2.11. The number of benzene rings is 1. The van der Waals surface area contributed by atoms with Crippen LogP contribution in [0.1, 0.15) is 30.6 Å². The topological polar surface area (TPSA) is 72.2 Å². The van der Waals surface area contributed by atoms with Crippen molar-refractivity contribution in [1.29, 1.82) is 0 Å². The summed E-state index contributed by atoms with van der Waals surface area (Å²) in [6.07, 6.45) is 0.107. The molecule has 0 aliphatic rings. The van der Waals surface area contributed by atoms with Crippen molar-refractivity contribution in [3.8, 4) is 0 Å². The lowest BCUT2D eigenvalue weighted by atomic mass is 10.0. The first-order valence-electron chi connectivity index (χ1n) is 5.26. The van der Waals surface area contributed by atoms with E-state index >= 15 is 0 Å². The van der Waals surface area contributed by atoms with E-state index < -0.39 is 11.7 Å². The average Bonchev–Trinajstić information content (AvgIpc) is 2.19. The van der Waals surface area contributed by atoms with E-state index in [1.165, 1.54) is 25.1 Å². The van der Waals surface area contributed by atoms with Gasteiger partial charge in [0.1, 0.15) is 5.82 Å². The molecule has 1 aromatic carbocycles. The number of nitrogens with two attached hydrogens (primary N) is 1. The third kappa shape index (κ3) is 3.64. The maximum atomic E-state index is 13.5. The Morgan fingerprint density at radius 1 is 1.47 bits per heavy atom. The van der Waals surface area contributed by atoms with Gasteiger partial charge in [0.05, 0.1) is 5.69 Å². The van der Waals surface area contributed by atoms with Crippen molar-refractivity contribution >= 4 is 17.4 Å². The van der Waals surface area contributed by atoms with Gasteiger partial charge in [0.2, 0.25) is 5.91 Å². The van der Waals surface area contributed by atoms with Crippen LogP contribution >= 0.6 is 0 Å². The Bertz CT molecular complexity index is 444. The molecule has 1 aromatic rings. The minimum absolute atomic E-state index is 0.0781. The summed E-state index contributed by atoms with van der Waals surface area (Å²) in [5.41, 5.74) is 5.59. The van der Waals surface area contributed by atoms with Crippen molar-refractivity contribution in [1.82, 2.24) is 0 Å². The summed E-state index contributed by atoms with van der Waals surface area (Å²) in [4.78, 5) is 22.8. The minimum Gasteiger partial charge on any atom is -0.328 e. The number of amides is 1. The predicted molar refractivity (Wildman–Crippen MR) is 63.3 cm³/mol. The highest BCUT2D eigenvalue weighted by Crippen LogP contribution is 2.21. The van der Waals surface area contributed by atoms with Crippen molar-refractivity contribution in [2.75, 3.05) is 5.32 Å². The molecular formula is C12H15FN2O2. The first-order valence-corrected chi connectivity index (χ1v) is 5.26. The van der Waals surface area contributed by atoms with Crippen LogP contribution in [-0.2, 0) is 4.79 Å². The molecule has 0 heterocycles. The Kier molecular flexibility index (Phi) is 4.34. The van der Waals surface area contributed by atoms with Gasteiger partial charge in [0, 0.05) is 24.9 Å². The standard InChI is InChI=1S/C12H15FN2O2/c1-7(14)6-11(17)9-4-3-5-10(13)12(9)15-8(2)16/h3-5,7H,6,14H2,1-2H3,(H,15,16). The molecule has 5 heteroatoms. The molecule has 1 rings (SSSR count). The van der Waals surface area contributed by atoms with Gasteiger partial charge in [0.25, 0.3) is 0 Å². The van der Waals surface area contributed by atoms with E-state index in [-0.39, 0.29) is 29.5 Å². The Labute approximate surface area is 99.0 Å². The van der Waals surface area contributed by atoms with Gasteiger partial charge in [-0.1, -0.05) is 6.07 Å². The normalized spacial score (nSPS) is 12.0. The van der Waals surface area contributed by atoms with E-state index in [1.54, 1.807) is 6.92 Å². The second-order valence-electron chi connectivity index (χ2n) is 3.95. The molecule has 0 aromatic heterocycles. The number of para-hydroxylation sites is 1. The zero-order chi connectivity index (χ0) is 13.0. The molecule has 0 aliphatic heterocycles. The first kappa shape index (κ1) is 13.3. The molecule has 1 atom stereocenters. The van der Waals surface area contributed by atoms with E-state index in [2.05, 4.69) is 5.32 Å². The van der Waals surface area contributed by atoms with Crippen LogP contribution in [0.25, 0.3) is 0 Å². The monoisotopic (exact) mass is 238 g/mol. The van der Waals surface area contributed by atoms with Crippen LogP contribution in [0.2, 0.25) is 0 Å². The number of ketones is 1. The van der Waals surface area contributed by atoms with Gasteiger partial charge in [-0.25, -0.2) is 4.39 Å². The fourth-order valence-electron chi connectivity index (χ4n) is 1.46. The predicted octanol–water partition coefficient (Wildman–Crippen LogP) is 1.70. The van der Waals surface area contributed by atoms with Crippen LogP contribution < -0.4 is 11.1 Å². The molecule has 0 radical (unpaired) electrons. The molecule has 0 bridgehead atoms. The van der Waals surface area contributed by atoms with E-state index in [9.17, 15) is 14.0 Å². The maximum absolute atomic E-state index is 13.5. The molecule has 0 saturated carbocycles. The van der Waals surface area contributed by atoms with Gasteiger partial charge >= 0.3 is 0 Å². The van der Waals surface area contributed by atoms with Gasteiger partial charge in [-0.2, -0.15) is 0 Å². The number of halogens is 1. The number of hydrogen-bond donors (Lipinski definition) is 2. The Morgan fingerprint density at radius 3 is 2.65 bits per heavy atom. The highest BCUT2D eigenvalue weighted by atomic mass is 19.1. The quantitative estimate of drug-likeness (QED) is 0.784. The molecule has 0 spiro atoms. The van der Waals surface area contributed by atoms with Crippen molar-refractivity contribution in [3.05, 3.63) is 29.6 Å². The van der Waals surface area contributed by atoms with Gasteiger partial charge in [0.15, 0.2) is 5.78 Å². The minimum atomic E-state index is -0.629. The first-order chi connectivity index (χ1) is 7.91. The van der Waals surface area contributed by atoms with E-state index in [4.69, 9.17) is 5.73 Å². The molecule has 3 N–H and O–H groups in total. The van der Waals surface area contributed by atoms with Crippen molar-refractivity contribution in [2.45, 2.75) is 26.3 Å². The molecule has 0 fully saturated rings. The second-order valence-corrected chi connectivity index (χ2v) is 3.95. The zero-order valence-corrected chi connectivity index (χ0v) is 9.79. The van der Waals surface area contributed by atoms with E-state index in [0.717, 1.165) is 0 Å². The molecule has 0 aliphatic carbocycles. The molecule has 1 unspecified atom stereocenters. The summed E-state index contributed by atoms with van der Waals surface area (Å²) in [5, 5.41) is 2.32. The third-order valence-corrected chi connectivity index (χ3v) is 2.12. The summed E-state index contributed by atoms with van der Waals surface area (Å²) in [7, 11) is 0. The van der Waals surface area contributed by atoms with Crippen molar-refractivity contribution in [3.63, 3.8) is 0 Å². The third-order valence-electron chi connectivity index (χ3n) is 2.12. The second kappa shape index (κ2) is 5.54. The van der Waals surface area contributed by atoms with Crippen LogP contribution in [0.4, 0.5) is 10.1 Å². The number of Topliss-reactive ketones (excluding diaryl/α,β-unsaturated/α-hetero) is 1. The number of anilines is 1. The molecule has 92 valence electrons. The van der Waals surface area contributed by atoms with Crippen LogP contribution in [0.15, 0.2) is 18.2 Å². The fraction of sp³-hybridized carbons (Fsp3) is 0.333. The zero-order valence-electron chi connectivity index (χ0n) is 9.79. The number of carbonyl (C=O) groups excluding carboxylic acids is 2. The summed E-state index contributed by atoms with van der Waals surface area (Å²) >= 11 is 0. The lowest BCUT2D eigenvalue weighted by Crippen LogP contribution is -2.21. The van der Waals surface area contributed by atoms with Crippen LogP contribution in [0, 0.1) is 5.82 Å². The smallest absolute Gasteiger partial charge is 0.221 e. The van der Waals surface area contributed by atoms with E-state index in [0.29, 0.717) is 0 Å². The summed E-state index contributed by atoms with van der Waals surface area (Å²) in [5.74, 6) is -1.34. The van der Waals surface area contributed by atoms with E-state index in [1.807, 2.05) is 0 Å². The lowest BCUT2D eigenvalue weighted by molar-refractivity contribution is -0.114. The molecular weight excluding hydrogens is 223 g/mol. The Morgan fingerprint density at radius 2 is 2.12 bits per heavy atom. The van der Waals surface area contributed by atoms with Crippen molar-refractivity contribution < 1.29 is 14.0 Å². The molecule has 0 saturated heterocycles. The molecule has 1 amide bonds. The fourth-order valence-corrected chi connectivity index (χ4v) is 1.46. The highest BCUT2D eigenvalue weighted by molar-refractivity contribution is 6.04. The number of carbonyl (C=O) groups is 2. The molecule has 4 nitrogen and oxygen atoms in total. The van der Waals surface area contributed by atoms with Gasteiger partial charge in [-0.15, -0.1) is 0 Å². The van der Waals surface area contributed by atoms with Gasteiger partial charge in [-0.3, -0.25) is 9.59 Å². The average molecular weight is 238 g/mol. The highest BCUT2D eigenvalue weighted by Gasteiger charge is 2.16. The van der Waals surface area contributed by atoms with Crippen LogP contribution in [0.5, 0.6) is 0 Å². The SMILES string of the molecule is CC(=O)Nc1c(F)cccc1C(=O)CC(C)N. The Hall–Kier alpha value is -1.75. The molecule has 17 heavy (non-hydrogen) atoms. The van der Waals surface area contributed by atoms with Crippen LogP contribution in [0.3, 0.4) is 0 Å². The van der Waals surface area contributed by atoms with Gasteiger partial charge < -0.3 is 11.1 Å². The number of nitrogens with one attached hydrogen (secondary N) is 1. The summed E-state index contributed by atoms with van der Waals surface area (Å²) in [6, 6.07) is 3.78. The number of hydrogen-bond acceptors (Lipinski definition) is 3. The maximum Gasteiger partial charge on any atom is 0.221 e. The van der Waals surface area contributed by atoms with Crippen LogP contribution in [-0.4, -0.2) is 17.7 Å². The van der Waals surface area contributed by atoms with Crippen molar-refractivity contribution in [2.24, 2.45) is 5.73 Å². The summed E-state index contributed by atoms with van der Waals surface area (Å²) < 4.78 is 13.5. The largest absolute Gasteiger partial charge is 0.328 e.